The molecule has 2 aliphatic rings. The van der Waals surface area contributed by atoms with Gasteiger partial charge in [-0.2, -0.15) is 0 Å². The Morgan fingerprint density at radius 2 is 2.11 bits per heavy atom. The largest absolute Gasteiger partial charge is 0.329 e. The molecule has 1 aromatic rings. The molecule has 0 radical (unpaired) electrons. The van der Waals surface area contributed by atoms with Crippen molar-refractivity contribution in [3.63, 3.8) is 0 Å². The van der Waals surface area contributed by atoms with Gasteiger partial charge in [0.05, 0.1) is 17.2 Å². The van der Waals surface area contributed by atoms with Crippen LogP contribution in [0.2, 0.25) is 0 Å². The third-order valence-corrected chi connectivity index (χ3v) is 5.92. The van der Waals surface area contributed by atoms with Gasteiger partial charge < -0.3 is 9.88 Å². The Kier molecular flexibility index (Phi) is 3.39. The minimum atomic E-state index is -2.79. The van der Waals surface area contributed by atoms with Crippen molar-refractivity contribution in [3.05, 3.63) is 17.2 Å². The first-order valence-electron chi connectivity index (χ1n) is 7.10. The molecule has 1 N–H and O–H groups in total. The molecule has 106 valence electrons. The maximum absolute atomic E-state index is 11.6. The molecule has 19 heavy (non-hydrogen) atoms. The molecule has 0 unspecified atom stereocenters. The van der Waals surface area contributed by atoms with E-state index in [9.17, 15) is 8.42 Å². The van der Waals surface area contributed by atoms with Crippen molar-refractivity contribution < 1.29 is 8.42 Å². The number of rotatable bonds is 2. The molecule has 0 saturated carbocycles. The smallest absolute Gasteiger partial charge is 0.150 e. The summed E-state index contributed by atoms with van der Waals surface area (Å²) in [5, 5.41) is 3.35. The minimum Gasteiger partial charge on any atom is -0.329 e. The summed E-state index contributed by atoms with van der Waals surface area (Å²) in [6, 6.07) is 0.327. The lowest BCUT2D eigenvalue weighted by Crippen LogP contribution is -2.30. The molecule has 0 aromatic carbocycles. The Hall–Kier alpha value is -0.880. The van der Waals surface area contributed by atoms with Crippen molar-refractivity contribution in [1.29, 1.82) is 0 Å². The van der Waals surface area contributed by atoms with Gasteiger partial charge in [0.15, 0.2) is 0 Å². The number of nitrogens with one attached hydrogen (secondary N) is 1. The number of hydrogen-bond donors (Lipinski definition) is 1. The van der Waals surface area contributed by atoms with Crippen molar-refractivity contribution in [1.82, 2.24) is 14.9 Å². The van der Waals surface area contributed by atoms with Gasteiger partial charge in [-0.05, 0) is 12.8 Å². The van der Waals surface area contributed by atoms with E-state index in [0.29, 0.717) is 17.5 Å². The molecule has 5 nitrogen and oxygen atoms in total. The molecule has 0 aliphatic carbocycles. The zero-order valence-corrected chi connectivity index (χ0v) is 12.2. The third-order valence-electron chi connectivity index (χ3n) is 4.20. The predicted octanol–water partition coefficient (Wildman–Crippen LogP) is 0.841. The lowest BCUT2D eigenvalue weighted by molar-refractivity contribution is 0.421. The van der Waals surface area contributed by atoms with Gasteiger partial charge in [0.2, 0.25) is 0 Å². The van der Waals surface area contributed by atoms with Crippen LogP contribution < -0.4 is 5.32 Å². The second kappa shape index (κ2) is 4.90. The van der Waals surface area contributed by atoms with Crippen LogP contribution in [0.1, 0.15) is 43.0 Å². The molecule has 1 saturated heterocycles. The van der Waals surface area contributed by atoms with Crippen molar-refractivity contribution in [2.75, 3.05) is 18.1 Å². The SMILES string of the molecule is CCc1nc2c(n1C1CCS(=O)(=O)CC1)CCNC2. The number of nitrogens with zero attached hydrogens (tertiary/aromatic N) is 2. The average molecular weight is 283 g/mol. The van der Waals surface area contributed by atoms with Gasteiger partial charge in [-0.1, -0.05) is 6.92 Å². The Bertz CT molecular complexity index is 563. The fraction of sp³-hybridized carbons (Fsp3) is 0.769. The highest BCUT2D eigenvalue weighted by atomic mass is 32.2. The highest BCUT2D eigenvalue weighted by molar-refractivity contribution is 7.91. The van der Waals surface area contributed by atoms with Gasteiger partial charge >= 0.3 is 0 Å². The summed E-state index contributed by atoms with van der Waals surface area (Å²) in [6.07, 6.45) is 3.40. The molecule has 1 fully saturated rings. The zero-order chi connectivity index (χ0) is 13.5. The van der Waals surface area contributed by atoms with Gasteiger partial charge in [-0.3, -0.25) is 0 Å². The van der Waals surface area contributed by atoms with Gasteiger partial charge in [-0.25, -0.2) is 13.4 Å². The van der Waals surface area contributed by atoms with Gasteiger partial charge in [0.25, 0.3) is 0 Å². The average Bonchev–Trinajstić information content (AvgIpc) is 2.77. The molecule has 3 heterocycles. The van der Waals surface area contributed by atoms with Crippen molar-refractivity contribution in [3.8, 4) is 0 Å². The second-order valence-corrected chi connectivity index (χ2v) is 7.76. The number of hydrogen-bond acceptors (Lipinski definition) is 4. The summed E-state index contributed by atoms with van der Waals surface area (Å²) in [5.41, 5.74) is 2.50. The number of sulfone groups is 1. The van der Waals surface area contributed by atoms with Crippen LogP contribution in [0.4, 0.5) is 0 Å². The monoisotopic (exact) mass is 283 g/mol. The molecular weight excluding hydrogens is 262 g/mol. The standard InChI is InChI=1S/C13H21N3O2S/c1-2-13-15-11-9-14-6-3-12(11)16(13)10-4-7-19(17,18)8-5-10/h10,14H,2-9H2,1H3. The lowest BCUT2D eigenvalue weighted by atomic mass is 10.1. The molecular formula is C13H21N3O2S. The highest BCUT2D eigenvalue weighted by Gasteiger charge is 2.29. The normalized spacial score (nSPS) is 23.2. The minimum absolute atomic E-state index is 0.325. The molecule has 0 bridgehead atoms. The maximum Gasteiger partial charge on any atom is 0.150 e. The van der Waals surface area contributed by atoms with Gasteiger partial charge in [0.1, 0.15) is 15.7 Å². The van der Waals surface area contributed by atoms with Crippen LogP contribution >= 0.6 is 0 Å². The van der Waals surface area contributed by atoms with Crippen LogP contribution in [0.3, 0.4) is 0 Å². The number of imidazole rings is 1. The third kappa shape index (κ3) is 2.43. The van der Waals surface area contributed by atoms with Crippen LogP contribution in [-0.4, -0.2) is 36.0 Å². The fourth-order valence-electron chi connectivity index (χ4n) is 3.21. The summed E-state index contributed by atoms with van der Waals surface area (Å²) >= 11 is 0. The van der Waals surface area contributed by atoms with Crippen LogP contribution in [0.15, 0.2) is 0 Å². The maximum atomic E-state index is 11.6. The first kappa shape index (κ1) is 13.1. The molecule has 2 aliphatic heterocycles. The van der Waals surface area contributed by atoms with Crippen molar-refractivity contribution >= 4 is 9.84 Å². The molecule has 0 spiro atoms. The molecule has 1 aromatic heterocycles. The summed E-state index contributed by atoms with van der Waals surface area (Å²) < 4.78 is 25.5. The lowest BCUT2D eigenvalue weighted by Gasteiger charge is -2.27. The van der Waals surface area contributed by atoms with Crippen LogP contribution in [0, 0.1) is 0 Å². The topological polar surface area (TPSA) is 64.0 Å². The summed E-state index contributed by atoms with van der Waals surface area (Å²) in [5.74, 6) is 1.77. The van der Waals surface area contributed by atoms with Crippen LogP contribution in [0.5, 0.6) is 0 Å². The van der Waals surface area contributed by atoms with E-state index in [1.54, 1.807) is 0 Å². The Balaban J connectivity index is 1.93. The van der Waals surface area contributed by atoms with E-state index in [-0.39, 0.29) is 0 Å². The number of aryl methyl sites for hydroxylation is 1. The van der Waals surface area contributed by atoms with E-state index in [1.807, 2.05) is 0 Å². The Morgan fingerprint density at radius 3 is 2.79 bits per heavy atom. The second-order valence-electron chi connectivity index (χ2n) is 5.45. The van der Waals surface area contributed by atoms with Crippen molar-refractivity contribution in [2.45, 2.75) is 45.2 Å². The summed E-state index contributed by atoms with van der Waals surface area (Å²) in [4.78, 5) is 4.73. The summed E-state index contributed by atoms with van der Waals surface area (Å²) in [6.45, 7) is 3.96. The molecule has 0 atom stereocenters. The van der Waals surface area contributed by atoms with Crippen molar-refractivity contribution in [2.24, 2.45) is 0 Å². The molecule has 6 heteroatoms. The van der Waals surface area contributed by atoms with E-state index in [1.165, 1.54) is 5.69 Å². The highest BCUT2D eigenvalue weighted by Crippen LogP contribution is 2.29. The zero-order valence-electron chi connectivity index (χ0n) is 11.4. The summed E-state index contributed by atoms with van der Waals surface area (Å²) in [7, 11) is -2.79. The number of fused-ring (bicyclic) bond motifs is 1. The Labute approximate surface area is 114 Å². The van der Waals surface area contributed by atoms with E-state index in [0.717, 1.165) is 50.3 Å². The van der Waals surface area contributed by atoms with E-state index < -0.39 is 9.84 Å². The van der Waals surface area contributed by atoms with Crippen LogP contribution in [-0.2, 0) is 29.2 Å². The number of aromatic nitrogens is 2. The predicted molar refractivity (Wildman–Crippen MR) is 73.9 cm³/mol. The first-order chi connectivity index (χ1) is 9.11. The first-order valence-corrected chi connectivity index (χ1v) is 8.93. The molecule has 3 rings (SSSR count). The molecule has 0 amide bonds. The quantitative estimate of drug-likeness (QED) is 0.873. The van der Waals surface area contributed by atoms with Gasteiger partial charge in [0, 0.05) is 37.7 Å². The van der Waals surface area contributed by atoms with Crippen LogP contribution in [0.25, 0.3) is 0 Å². The van der Waals surface area contributed by atoms with E-state index in [4.69, 9.17) is 4.98 Å². The fourth-order valence-corrected chi connectivity index (χ4v) is 4.67. The van der Waals surface area contributed by atoms with E-state index >= 15 is 0 Å². The Morgan fingerprint density at radius 1 is 1.37 bits per heavy atom. The van der Waals surface area contributed by atoms with Gasteiger partial charge in [-0.15, -0.1) is 0 Å². The van der Waals surface area contributed by atoms with E-state index in [2.05, 4.69) is 16.8 Å².